The second kappa shape index (κ2) is 8.86. The molecule has 0 saturated carbocycles. The number of hydrogen-bond acceptors (Lipinski definition) is 6. The topological polar surface area (TPSA) is 85.4 Å². The molecule has 0 aliphatic rings. The molecule has 0 unspecified atom stereocenters. The van der Waals surface area contributed by atoms with Gasteiger partial charge in [0, 0.05) is 17.9 Å². The van der Waals surface area contributed by atoms with Crippen molar-refractivity contribution in [3.8, 4) is 11.5 Å². The molecule has 0 spiro atoms. The zero-order chi connectivity index (χ0) is 18.2. The van der Waals surface area contributed by atoms with Crippen molar-refractivity contribution in [3.63, 3.8) is 0 Å². The number of hydrogen-bond donors (Lipinski definition) is 2. The van der Waals surface area contributed by atoms with Gasteiger partial charge in [-0.05, 0) is 44.0 Å². The van der Waals surface area contributed by atoms with Crippen molar-refractivity contribution < 1.29 is 14.3 Å². The van der Waals surface area contributed by atoms with E-state index >= 15 is 0 Å². The van der Waals surface area contributed by atoms with Crippen molar-refractivity contribution in [1.82, 2.24) is 15.3 Å². The van der Waals surface area contributed by atoms with Gasteiger partial charge in [-0.25, -0.2) is 9.97 Å². The molecule has 25 heavy (non-hydrogen) atoms. The first kappa shape index (κ1) is 18.5. The van der Waals surface area contributed by atoms with Crippen LogP contribution in [0, 0.1) is 13.8 Å². The lowest BCUT2D eigenvalue weighted by Crippen LogP contribution is -2.31. The van der Waals surface area contributed by atoms with E-state index in [2.05, 4.69) is 20.6 Å². The summed E-state index contributed by atoms with van der Waals surface area (Å²) in [4.78, 5) is 20.4. The fraction of sp³-hybridized carbons (Fsp3) is 0.389. The number of rotatable bonds is 8. The number of ether oxygens (including phenoxy) is 2. The third-order valence-electron chi connectivity index (χ3n) is 3.57. The van der Waals surface area contributed by atoms with Gasteiger partial charge in [-0.2, -0.15) is 0 Å². The monoisotopic (exact) mass is 344 g/mol. The van der Waals surface area contributed by atoms with Crippen molar-refractivity contribution >= 4 is 11.9 Å². The fourth-order valence-electron chi connectivity index (χ4n) is 2.41. The van der Waals surface area contributed by atoms with Crippen molar-refractivity contribution in [1.29, 1.82) is 0 Å². The highest BCUT2D eigenvalue weighted by atomic mass is 16.5. The van der Waals surface area contributed by atoms with Gasteiger partial charge in [-0.15, -0.1) is 0 Å². The molecule has 0 aliphatic heterocycles. The summed E-state index contributed by atoms with van der Waals surface area (Å²) >= 11 is 0. The molecule has 134 valence electrons. The van der Waals surface area contributed by atoms with E-state index in [-0.39, 0.29) is 12.5 Å². The van der Waals surface area contributed by atoms with Crippen molar-refractivity contribution in [2.75, 3.05) is 32.6 Å². The van der Waals surface area contributed by atoms with Gasteiger partial charge in [0.25, 0.3) is 0 Å². The number of anilines is 1. The maximum absolute atomic E-state index is 11.9. The molecule has 0 bridgehead atoms. The van der Waals surface area contributed by atoms with E-state index in [1.807, 2.05) is 38.1 Å². The van der Waals surface area contributed by atoms with E-state index in [1.54, 1.807) is 14.2 Å². The van der Waals surface area contributed by atoms with Crippen LogP contribution in [0.25, 0.3) is 0 Å². The Morgan fingerprint density at radius 1 is 1.04 bits per heavy atom. The zero-order valence-electron chi connectivity index (χ0n) is 15.0. The number of aromatic nitrogens is 2. The summed E-state index contributed by atoms with van der Waals surface area (Å²) in [5, 5.41) is 5.80. The molecule has 0 radical (unpaired) electrons. The smallest absolute Gasteiger partial charge is 0.239 e. The van der Waals surface area contributed by atoms with Crippen LogP contribution in [0.3, 0.4) is 0 Å². The molecule has 2 N–H and O–H groups in total. The van der Waals surface area contributed by atoms with Gasteiger partial charge in [-0.1, -0.05) is 6.07 Å². The summed E-state index contributed by atoms with van der Waals surface area (Å²) < 4.78 is 10.5. The molecule has 1 aromatic heterocycles. The second-order valence-corrected chi connectivity index (χ2v) is 5.62. The highest BCUT2D eigenvalue weighted by Crippen LogP contribution is 2.27. The molecular formula is C18H24N4O3. The Kier molecular flexibility index (Phi) is 6.56. The Labute approximate surface area is 147 Å². The standard InChI is InChI=1S/C18H24N4O3/c1-12-9-13(2)22-18(21-12)20-11-17(23)19-8-7-14-5-6-15(24-3)16(10-14)25-4/h5-6,9-10H,7-8,11H2,1-4H3,(H,19,23)(H,20,21,22). The average molecular weight is 344 g/mol. The molecule has 7 nitrogen and oxygen atoms in total. The van der Waals surface area contributed by atoms with Crippen LogP contribution in [-0.4, -0.2) is 43.2 Å². The number of carbonyl (C=O) groups excluding carboxylic acids is 1. The summed E-state index contributed by atoms with van der Waals surface area (Å²) in [7, 11) is 3.20. The Morgan fingerprint density at radius 3 is 2.36 bits per heavy atom. The van der Waals surface area contributed by atoms with Gasteiger partial charge < -0.3 is 20.1 Å². The van der Waals surface area contributed by atoms with Gasteiger partial charge in [-0.3, -0.25) is 4.79 Å². The number of methoxy groups -OCH3 is 2. The van der Waals surface area contributed by atoms with Crippen molar-refractivity contribution in [3.05, 3.63) is 41.2 Å². The molecule has 0 fully saturated rings. The number of amides is 1. The predicted octanol–water partition coefficient (Wildman–Crippen LogP) is 1.88. The fourth-order valence-corrected chi connectivity index (χ4v) is 2.41. The molecule has 0 atom stereocenters. The number of nitrogens with zero attached hydrogens (tertiary/aromatic N) is 2. The second-order valence-electron chi connectivity index (χ2n) is 5.62. The van der Waals surface area contributed by atoms with Crippen LogP contribution in [0.15, 0.2) is 24.3 Å². The van der Waals surface area contributed by atoms with Crippen molar-refractivity contribution in [2.45, 2.75) is 20.3 Å². The Morgan fingerprint density at radius 2 is 1.72 bits per heavy atom. The van der Waals surface area contributed by atoms with Crippen molar-refractivity contribution in [2.24, 2.45) is 0 Å². The summed E-state index contributed by atoms with van der Waals surface area (Å²) in [6.45, 7) is 4.45. The Balaban J connectivity index is 1.78. The summed E-state index contributed by atoms with van der Waals surface area (Å²) in [6.07, 6.45) is 0.701. The maximum atomic E-state index is 11.9. The van der Waals surface area contributed by atoms with Gasteiger partial charge in [0.2, 0.25) is 11.9 Å². The quantitative estimate of drug-likeness (QED) is 0.760. The van der Waals surface area contributed by atoms with Crippen LogP contribution in [-0.2, 0) is 11.2 Å². The molecule has 1 heterocycles. The molecule has 7 heteroatoms. The van der Waals surface area contributed by atoms with E-state index in [9.17, 15) is 4.79 Å². The third-order valence-corrected chi connectivity index (χ3v) is 3.57. The Hall–Kier alpha value is -2.83. The lowest BCUT2D eigenvalue weighted by atomic mass is 10.1. The largest absolute Gasteiger partial charge is 0.493 e. The highest BCUT2D eigenvalue weighted by Gasteiger charge is 2.06. The Bertz CT molecular complexity index is 714. The molecule has 2 aromatic rings. The van der Waals surface area contributed by atoms with E-state index in [4.69, 9.17) is 9.47 Å². The molecule has 0 aliphatic carbocycles. The molecule has 0 saturated heterocycles. The van der Waals surface area contributed by atoms with Crippen LogP contribution in [0.4, 0.5) is 5.95 Å². The van der Waals surface area contributed by atoms with Gasteiger partial charge in [0.05, 0.1) is 20.8 Å². The van der Waals surface area contributed by atoms with E-state index in [1.165, 1.54) is 0 Å². The first-order valence-electron chi connectivity index (χ1n) is 8.05. The average Bonchev–Trinajstić information content (AvgIpc) is 2.59. The van der Waals surface area contributed by atoms with Gasteiger partial charge >= 0.3 is 0 Å². The third kappa shape index (κ3) is 5.63. The predicted molar refractivity (Wildman–Crippen MR) is 96.3 cm³/mol. The van der Waals surface area contributed by atoms with Gasteiger partial charge in [0.1, 0.15) is 0 Å². The van der Waals surface area contributed by atoms with Crippen LogP contribution in [0.1, 0.15) is 17.0 Å². The number of benzene rings is 1. The lowest BCUT2D eigenvalue weighted by molar-refractivity contribution is -0.119. The molecule has 2 rings (SSSR count). The molecule has 1 amide bonds. The summed E-state index contributed by atoms with van der Waals surface area (Å²) in [5.41, 5.74) is 2.79. The van der Waals surface area contributed by atoms with Crippen LogP contribution >= 0.6 is 0 Å². The van der Waals surface area contributed by atoms with Crippen LogP contribution < -0.4 is 20.1 Å². The minimum absolute atomic E-state index is 0.108. The normalized spacial score (nSPS) is 10.2. The number of nitrogens with one attached hydrogen (secondary N) is 2. The summed E-state index contributed by atoms with van der Waals surface area (Å²) in [6, 6.07) is 7.60. The number of carbonyl (C=O) groups is 1. The first-order chi connectivity index (χ1) is 12.0. The zero-order valence-corrected chi connectivity index (χ0v) is 15.0. The van der Waals surface area contributed by atoms with E-state index in [0.29, 0.717) is 30.4 Å². The molecular weight excluding hydrogens is 320 g/mol. The van der Waals surface area contributed by atoms with E-state index < -0.39 is 0 Å². The highest BCUT2D eigenvalue weighted by molar-refractivity contribution is 5.80. The maximum Gasteiger partial charge on any atom is 0.239 e. The minimum Gasteiger partial charge on any atom is -0.493 e. The summed E-state index contributed by atoms with van der Waals surface area (Å²) in [5.74, 6) is 1.73. The minimum atomic E-state index is -0.108. The SMILES string of the molecule is COc1ccc(CCNC(=O)CNc2nc(C)cc(C)n2)cc1OC. The van der Waals surface area contributed by atoms with Crippen LogP contribution in [0.5, 0.6) is 11.5 Å². The van der Waals surface area contributed by atoms with Gasteiger partial charge in [0.15, 0.2) is 11.5 Å². The first-order valence-corrected chi connectivity index (χ1v) is 8.05. The molecule has 1 aromatic carbocycles. The lowest BCUT2D eigenvalue weighted by Gasteiger charge is -2.10. The van der Waals surface area contributed by atoms with E-state index in [0.717, 1.165) is 17.0 Å². The number of aryl methyl sites for hydroxylation is 2. The van der Waals surface area contributed by atoms with Crippen LogP contribution in [0.2, 0.25) is 0 Å².